The van der Waals surface area contributed by atoms with Crippen molar-refractivity contribution in [2.45, 2.75) is 194 Å². The lowest BCUT2D eigenvalue weighted by Crippen LogP contribution is -2.30. The quantitative estimate of drug-likeness (QED) is 0.0348. The molecule has 0 saturated heterocycles. The molecule has 0 bridgehead atoms. The van der Waals surface area contributed by atoms with Gasteiger partial charge in [-0.2, -0.15) is 0 Å². The van der Waals surface area contributed by atoms with Crippen molar-refractivity contribution in [2.75, 3.05) is 19.8 Å². The van der Waals surface area contributed by atoms with Crippen LogP contribution in [0.15, 0.2) is 122 Å². The molecular formula is C55H88O5. The maximum Gasteiger partial charge on any atom is 0.306 e. The zero-order chi connectivity index (χ0) is 43.5. The second-order valence-corrected chi connectivity index (χ2v) is 15.2. The maximum atomic E-state index is 12.8. The summed E-state index contributed by atoms with van der Waals surface area (Å²) in [6, 6.07) is 0. The standard InChI is InChI=1S/C55H88O5/c1-4-7-10-13-16-19-22-25-27-29-32-35-38-41-44-47-50-58-51-53(60-55(57)49-46-43-40-37-34-30-24-21-18-15-12-9-6-3)52-59-54(56)48-45-42-39-36-33-31-28-26-23-20-17-14-11-8-5-2/h7-8,10-11,16-17,19-21,24-28,32-33,35-36,41,44,53H,4-6,9,12-15,18,22-23,29-31,34,37-40,42-43,45-52H2,1-3H3/b10-7-,11-8-,19-16-,20-17-,24-21-,27-25-,28-26-,35-32-,36-33-,44-41-. The molecule has 0 spiro atoms. The van der Waals surface area contributed by atoms with Gasteiger partial charge < -0.3 is 14.2 Å². The molecule has 338 valence electrons. The van der Waals surface area contributed by atoms with E-state index in [1.165, 1.54) is 44.9 Å². The summed E-state index contributed by atoms with van der Waals surface area (Å²) in [6.45, 7) is 7.30. The summed E-state index contributed by atoms with van der Waals surface area (Å²) in [5, 5.41) is 0. The number of hydrogen-bond acceptors (Lipinski definition) is 5. The summed E-state index contributed by atoms with van der Waals surface area (Å²) in [4.78, 5) is 25.3. The topological polar surface area (TPSA) is 61.8 Å². The highest BCUT2D eigenvalue weighted by Gasteiger charge is 2.17. The van der Waals surface area contributed by atoms with Crippen molar-refractivity contribution in [3.05, 3.63) is 122 Å². The van der Waals surface area contributed by atoms with Crippen molar-refractivity contribution in [1.82, 2.24) is 0 Å². The minimum atomic E-state index is -0.604. The predicted molar refractivity (Wildman–Crippen MR) is 260 cm³/mol. The van der Waals surface area contributed by atoms with Crippen LogP contribution in [0.1, 0.15) is 188 Å². The van der Waals surface area contributed by atoms with Crippen molar-refractivity contribution >= 4 is 11.9 Å². The van der Waals surface area contributed by atoms with Gasteiger partial charge >= 0.3 is 11.9 Å². The number of esters is 2. The molecule has 0 aliphatic carbocycles. The molecule has 0 amide bonds. The highest BCUT2D eigenvalue weighted by molar-refractivity contribution is 5.70. The van der Waals surface area contributed by atoms with E-state index in [-0.39, 0.29) is 25.2 Å². The van der Waals surface area contributed by atoms with Gasteiger partial charge in [-0.3, -0.25) is 9.59 Å². The van der Waals surface area contributed by atoms with E-state index < -0.39 is 6.10 Å². The third kappa shape index (κ3) is 47.0. The van der Waals surface area contributed by atoms with Gasteiger partial charge in [-0.25, -0.2) is 0 Å². The lowest BCUT2D eigenvalue weighted by atomic mass is 10.1. The molecule has 0 rings (SSSR count). The average molecular weight is 829 g/mol. The summed E-state index contributed by atoms with van der Waals surface area (Å²) >= 11 is 0. The zero-order valence-corrected chi connectivity index (χ0v) is 38.7. The average Bonchev–Trinajstić information content (AvgIpc) is 3.25. The Labute approximate surface area is 369 Å². The molecule has 0 aromatic rings. The van der Waals surface area contributed by atoms with Crippen LogP contribution < -0.4 is 0 Å². The molecule has 0 aliphatic heterocycles. The summed E-state index contributed by atoms with van der Waals surface area (Å²) < 4.78 is 17.2. The molecule has 60 heavy (non-hydrogen) atoms. The van der Waals surface area contributed by atoms with Crippen molar-refractivity contribution in [3.63, 3.8) is 0 Å². The smallest absolute Gasteiger partial charge is 0.306 e. The van der Waals surface area contributed by atoms with Gasteiger partial charge in [0.2, 0.25) is 0 Å². The van der Waals surface area contributed by atoms with E-state index in [2.05, 4.69) is 142 Å². The summed E-state index contributed by atoms with van der Waals surface area (Å²) in [5.74, 6) is -0.507. The third-order valence-corrected chi connectivity index (χ3v) is 9.48. The van der Waals surface area contributed by atoms with E-state index in [0.717, 1.165) is 109 Å². The molecule has 5 heteroatoms. The zero-order valence-electron chi connectivity index (χ0n) is 38.7. The number of allylic oxidation sites excluding steroid dienone is 19. The van der Waals surface area contributed by atoms with Gasteiger partial charge in [0.1, 0.15) is 6.61 Å². The summed E-state index contributed by atoms with van der Waals surface area (Å²) in [5.41, 5.74) is 0. The van der Waals surface area contributed by atoms with Crippen LogP contribution in [0.25, 0.3) is 0 Å². The normalized spacial score (nSPS) is 13.3. The van der Waals surface area contributed by atoms with Crippen molar-refractivity contribution in [1.29, 1.82) is 0 Å². The Kier molecular flexibility index (Phi) is 46.6. The van der Waals surface area contributed by atoms with E-state index >= 15 is 0 Å². The third-order valence-electron chi connectivity index (χ3n) is 9.48. The number of rotatable bonds is 42. The Morgan fingerprint density at radius 1 is 0.383 bits per heavy atom. The summed E-state index contributed by atoms with van der Waals surface area (Å²) in [6.07, 6.45) is 69.4. The van der Waals surface area contributed by atoms with Gasteiger partial charge in [-0.05, 0) is 116 Å². The molecule has 0 N–H and O–H groups in total. The van der Waals surface area contributed by atoms with Crippen LogP contribution in [0.4, 0.5) is 0 Å². The SMILES string of the molecule is CC/C=C\C/C=C\C/C=C\C/C=C\C/C=C\CCOCC(COC(=O)CCCC/C=C\C/C=C\C/C=C\C/C=C\CC)OC(=O)CCCCCCC/C=C\CCCCCC. The second kappa shape index (κ2) is 49.7. The van der Waals surface area contributed by atoms with Crippen LogP contribution in [-0.4, -0.2) is 37.9 Å². The molecular weight excluding hydrogens is 741 g/mol. The van der Waals surface area contributed by atoms with Crippen LogP contribution in [0.2, 0.25) is 0 Å². The lowest BCUT2D eigenvalue weighted by molar-refractivity contribution is -0.162. The number of unbranched alkanes of at least 4 members (excludes halogenated alkanes) is 11. The molecule has 0 fully saturated rings. The Morgan fingerprint density at radius 3 is 1.25 bits per heavy atom. The molecule has 1 unspecified atom stereocenters. The first-order chi connectivity index (χ1) is 29.6. The van der Waals surface area contributed by atoms with Gasteiger partial charge in [0, 0.05) is 12.8 Å². The molecule has 0 heterocycles. The van der Waals surface area contributed by atoms with Crippen LogP contribution in [-0.2, 0) is 23.8 Å². The van der Waals surface area contributed by atoms with E-state index in [1.807, 2.05) is 0 Å². The van der Waals surface area contributed by atoms with Crippen molar-refractivity contribution < 1.29 is 23.8 Å². The molecule has 0 aliphatic rings. The van der Waals surface area contributed by atoms with Crippen LogP contribution in [0, 0.1) is 0 Å². The Hall–Kier alpha value is -3.70. The predicted octanol–water partition coefficient (Wildman–Crippen LogP) is 16.2. The van der Waals surface area contributed by atoms with Gasteiger partial charge in [0.15, 0.2) is 6.10 Å². The fourth-order valence-corrected chi connectivity index (χ4v) is 5.97. The maximum absolute atomic E-state index is 12.8. The molecule has 5 nitrogen and oxygen atoms in total. The minimum absolute atomic E-state index is 0.0230. The van der Waals surface area contributed by atoms with E-state index in [1.54, 1.807) is 0 Å². The highest BCUT2D eigenvalue weighted by Crippen LogP contribution is 2.11. The van der Waals surface area contributed by atoms with E-state index in [9.17, 15) is 9.59 Å². The number of carbonyl (C=O) groups is 2. The van der Waals surface area contributed by atoms with Gasteiger partial charge in [0.05, 0.1) is 13.2 Å². The second-order valence-electron chi connectivity index (χ2n) is 15.2. The van der Waals surface area contributed by atoms with Crippen molar-refractivity contribution in [2.24, 2.45) is 0 Å². The van der Waals surface area contributed by atoms with Crippen LogP contribution in [0.5, 0.6) is 0 Å². The fourth-order valence-electron chi connectivity index (χ4n) is 5.97. The first kappa shape index (κ1) is 56.3. The summed E-state index contributed by atoms with van der Waals surface area (Å²) in [7, 11) is 0. The van der Waals surface area contributed by atoms with E-state index in [0.29, 0.717) is 19.4 Å². The van der Waals surface area contributed by atoms with Gasteiger partial charge in [0.25, 0.3) is 0 Å². The highest BCUT2D eigenvalue weighted by atomic mass is 16.6. The minimum Gasteiger partial charge on any atom is -0.462 e. The van der Waals surface area contributed by atoms with Gasteiger partial charge in [-0.15, -0.1) is 0 Å². The Morgan fingerprint density at radius 2 is 0.750 bits per heavy atom. The number of ether oxygens (including phenoxy) is 3. The van der Waals surface area contributed by atoms with Crippen molar-refractivity contribution in [3.8, 4) is 0 Å². The number of carbonyl (C=O) groups excluding carboxylic acids is 2. The number of hydrogen-bond donors (Lipinski definition) is 0. The molecule has 0 saturated carbocycles. The first-order valence-electron chi connectivity index (χ1n) is 24.1. The van der Waals surface area contributed by atoms with E-state index in [4.69, 9.17) is 14.2 Å². The Balaban J connectivity index is 4.49. The first-order valence-corrected chi connectivity index (χ1v) is 24.1. The fraction of sp³-hybridized carbons (Fsp3) is 0.600. The van der Waals surface area contributed by atoms with Crippen LogP contribution in [0.3, 0.4) is 0 Å². The monoisotopic (exact) mass is 829 g/mol. The van der Waals surface area contributed by atoms with Gasteiger partial charge in [-0.1, -0.05) is 181 Å². The molecule has 0 radical (unpaired) electrons. The largest absolute Gasteiger partial charge is 0.462 e. The molecule has 1 atom stereocenters. The lowest BCUT2D eigenvalue weighted by Gasteiger charge is -2.18. The Bertz CT molecular complexity index is 1260. The van der Waals surface area contributed by atoms with Crippen LogP contribution >= 0.6 is 0 Å². The molecule has 0 aromatic heterocycles. The molecule has 0 aromatic carbocycles.